The van der Waals surface area contributed by atoms with E-state index in [1.54, 1.807) is 30.0 Å². The first-order valence-corrected chi connectivity index (χ1v) is 7.65. The van der Waals surface area contributed by atoms with Crippen molar-refractivity contribution in [1.29, 1.82) is 15.8 Å². The first kappa shape index (κ1) is 14.7. The average molecular weight is 318 g/mol. The van der Waals surface area contributed by atoms with Gasteiger partial charge in [-0.3, -0.25) is 4.99 Å². The summed E-state index contributed by atoms with van der Waals surface area (Å²) in [5.41, 5.74) is 2.42. The van der Waals surface area contributed by atoms with Crippen LogP contribution in [0.3, 0.4) is 0 Å². The standard InChI is InChI=1S/C16H10N6S/c17-7-12(8-18)14(9-19)21-13-3-1-2-11(6-13)15-10-23-16-20-4-5-22(15)16/h1-3,6,10,21H,4-5H2. The summed E-state index contributed by atoms with van der Waals surface area (Å²) in [7, 11) is 0. The largest absolute Gasteiger partial charge is 0.345 e. The van der Waals surface area contributed by atoms with Gasteiger partial charge in [-0.15, -0.1) is 0 Å². The lowest BCUT2D eigenvalue weighted by Crippen LogP contribution is -2.19. The van der Waals surface area contributed by atoms with Crippen molar-refractivity contribution in [3.63, 3.8) is 0 Å². The molecule has 0 aliphatic carbocycles. The average Bonchev–Trinajstić information content (AvgIpc) is 3.18. The van der Waals surface area contributed by atoms with Crippen molar-refractivity contribution in [3.05, 3.63) is 46.5 Å². The molecule has 2 aliphatic heterocycles. The molecule has 1 aromatic carbocycles. The summed E-state index contributed by atoms with van der Waals surface area (Å²) in [6.45, 7) is 1.66. The maximum Gasteiger partial charge on any atom is 0.168 e. The van der Waals surface area contributed by atoms with Crippen LogP contribution in [0.15, 0.2) is 45.9 Å². The summed E-state index contributed by atoms with van der Waals surface area (Å²) in [4.78, 5) is 6.57. The first-order chi connectivity index (χ1) is 11.3. The van der Waals surface area contributed by atoms with Crippen molar-refractivity contribution in [2.75, 3.05) is 18.4 Å². The van der Waals surface area contributed by atoms with Crippen LogP contribution < -0.4 is 5.32 Å². The van der Waals surface area contributed by atoms with Crippen molar-refractivity contribution in [3.8, 4) is 18.2 Å². The molecule has 2 aliphatic rings. The molecule has 0 fully saturated rings. The monoisotopic (exact) mass is 318 g/mol. The van der Waals surface area contributed by atoms with Crippen LogP contribution in [0.5, 0.6) is 0 Å². The van der Waals surface area contributed by atoms with E-state index in [1.165, 1.54) is 0 Å². The van der Waals surface area contributed by atoms with Crippen molar-refractivity contribution >= 4 is 28.3 Å². The smallest absolute Gasteiger partial charge is 0.168 e. The summed E-state index contributed by atoms with van der Waals surface area (Å²) in [5, 5.41) is 32.8. The molecule has 0 atom stereocenters. The van der Waals surface area contributed by atoms with Crippen LogP contribution in [0.25, 0.3) is 5.70 Å². The Balaban J connectivity index is 1.89. The van der Waals surface area contributed by atoms with Gasteiger partial charge in [0.2, 0.25) is 0 Å². The normalized spacial score (nSPS) is 14.7. The second kappa shape index (κ2) is 6.27. The van der Waals surface area contributed by atoms with Crippen LogP contribution in [0.1, 0.15) is 5.56 Å². The van der Waals surface area contributed by atoms with Crippen molar-refractivity contribution < 1.29 is 0 Å². The number of nitrogens with one attached hydrogen (secondary N) is 1. The van der Waals surface area contributed by atoms with Gasteiger partial charge in [-0.05, 0) is 12.1 Å². The van der Waals surface area contributed by atoms with Crippen LogP contribution >= 0.6 is 11.8 Å². The fraction of sp³-hybridized carbons (Fsp3) is 0.125. The molecule has 0 saturated carbocycles. The molecular weight excluding hydrogens is 308 g/mol. The maximum atomic E-state index is 9.11. The number of amidine groups is 1. The molecule has 6 nitrogen and oxygen atoms in total. The maximum absolute atomic E-state index is 9.11. The number of aliphatic imine (C=N–C) groups is 1. The summed E-state index contributed by atoms with van der Waals surface area (Å²) < 4.78 is 0. The van der Waals surface area contributed by atoms with Gasteiger partial charge in [-0.1, -0.05) is 23.9 Å². The highest BCUT2D eigenvalue weighted by atomic mass is 32.2. The number of nitriles is 3. The van der Waals surface area contributed by atoms with Gasteiger partial charge >= 0.3 is 0 Å². The zero-order chi connectivity index (χ0) is 16.2. The zero-order valence-electron chi connectivity index (χ0n) is 11.9. The Kier molecular flexibility index (Phi) is 4.01. The molecular formula is C16H10N6S. The molecule has 2 heterocycles. The number of allylic oxidation sites excluding steroid dienone is 2. The van der Waals surface area contributed by atoms with E-state index in [0.29, 0.717) is 5.69 Å². The Morgan fingerprint density at radius 1 is 1.22 bits per heavy atom. The van der Waals surface area contributed by atoms with Gasteiger partial charge in [0.25, 0.3) is 0 Å². The Morgan fingerprint density at radius 3 is 2.78 bits per heavy atom. The van der Waals surface area contributed by atoms with E-state index in [9.17, 15) is 0 Å². The van der Waals surface area contributed by atoms with E-state index < -0.39 is 0 Å². The lowest BCUT2D eigenvalue weighted by Gasteiger charge is -2.17. The van der Waals surface area contributed by atoms with E-state index in [1.807, 2.05) is 29.7 Å². The van der Waals surface area contributed by atoms with Gasteiger partial charge in [0, 0.05) is 23.2 Å². The third kappa shape index (κ3) is 2.76. The highest BCUT2D eigenvalue weighted by Crippen LogP contribution is 2.35. The topological polar surface area (TPSA) is 99.0 Å². The van der Waals surface area contributed by atoms with Gasteiger partial charge < -0.3 is 10.2 Å². The number of thioether (sulfide) groups is 1. The van der Waals surface area contributed by atoms with E-state index >= 15 is 0 Å². The Labute approximate surface area is 137 Å². The van der Waals surface area contributed by atoms with Gasteiger partial charge in [-0.2, -0.15) is 15.8 Å². The van der Waals surface area contributed by atoms with Gasteiger partial charge in [0.1, 0.15) is 23.9 Å². The fourth-order valence-corrected chi connectivity index (χ4v) is 3.29. The number of nitrogens with zero attached hydrogens (tertiary/aromatic N) is 5. The Bertz CT molecular complexity index is 859. The molecule has 1 aromatic rings. The molecule has 1 N–H and O–H groups in total. The highest BCUT2D eigenvalue weighted by Gasteiger charge is 2.27. The number of benzene rings is 1. The van der Waals surface area contributed by atoms with Crippen LogP contribution in [0.2, 0.25) is 0 Å². The van der Waals surface area contributed by atoms with Gasteiger partial charge in [-0.25, -0.2) is 0 Å². The summed E-state index contributed by atoms with van der Waals surface area (Å²) in [6.07, 6.45) is 0. The highest BCUT2D eigenvalue weighted by molar-refractivity contribution is 8.16. The minimum Gasteiger partial charge on any atom is -0.345 e. The van der Waals surface area contributed by atoms with E-state index in [-0.39, 0.29) is 11.3 Å². The molecule has 0 spiro atoms. The molecule has 7 heteroatoms. The molecule has 0 aromatic heterocycles. The second-order valence-electron chi connectivity index (χ2n) is 4.73. The number of rotatable bonds is 3. The first-order valence-electron chi connectivity index (χ1n) is 6.77. The molecule has 0 saturated heterocycles. The SMILES string of the molecule is N#CC(C#N)=C(C#N)Nc1cccc(C2=CSC3=NCCN23)c1. The van der Waals surface area contributed by atoms with Crippen LogP contribution in [-0.4, -0.2) is 23.2 Å². The third-order valence-corrected chi connectivity index (χ3v) is 4.28. The molecule has 110 valence electrons. The minimum absolute atomic E-state index is 0.0506. The number of anilines is 1. The minimum atomic E-state index is -0.234. The van der Waals surface area contributed by atoms with Crippen LogP contribution in [-0.2, 0) is 0 Å². The van der Waals surface area contributed by atoms with E-state index in [2.05, 4.69) is 15.2 Å². The third-order valence-electron chi connectivity index (χ3n) is 3.38. The number of fused-ring (bicyclic) bond motifs is 1. The molecule has 0 unspecified atom stereocenters. The van der Waals surface area contributed by atoms with E-state index in [0.717, 1.165) is 29.5 Å². The lowest BCUT2D eigenvalue weighted by atomic mass is 10.1. The number of hydrogen-bond donors (Lipinski definition) is 1. The molecule has 0 amide bonds. The lowest BCUT2D eigenvalue weighted by molar-refractivity contribution is 0.650. The van der Waals surface area contributed by atoms with Gasteiger partial charge in [0.15, 0.2) is 10.7 Å². The summed E-state index contributed by atoms with van der Waals surface area (Å²) in [6, 6.07) is 12.8. The quantitative estimate of drug-likeness (QED) is 0.860. The number of hydrogen-bond acceptors (Lipinski definition) is 7. The second-order valence-corrected chi connectivity index (χ2v) is 5.56. The van der Waals surface area contributed by atoms with Crippen LogP contribution in [0, 0.1) is 34.0 Å². The van der Waals surface area contributed by atoms with Gasteiger partial charge in [0.05, 0.1) is 12.2 Å². The predicted octanol–water partition coefficient (Wildman–Crippen LogP) is 2.64. The Hall–Kier alpha value is -3.21. The summed E-state index contributed by atoms with van der Waals surface area (Å²) in [5.74, 6) is 0. The fourth-order valence-electron chi connectivity index (χ4n) is 2.33. The Morgan fingerprint density at radius 2 is 2.04 bits per heavy atom. The zero-order valence-corrected chi connectivity index (χ0v) is 12.8. The van der Waals surface area contributed by atoms with E-state index in [4.69, 9.17) is 15.8 Å². The molecule has 23 heavy (non-hydrogen) atoms. The van der Waals surface area contributed by atoms with Crippen molar-refractivity contribution in [2.24, 2.45) is 4.99 Å². The molecule has 0 radical (unpaired) electrons. The van der Waals surface area contributed by atoms with Crippen molar-refractivity contribution in [1.82, 2.24) is 4.90 Å². The molecule has 0 bridgehead atoms. The van der Waals surface area contributed by atoms with Crippen LogP contribution in [0.4, 0.5) is 5.69 Å². The van der Waals surface area contributed by atoms with Crippen molar-refractivity contribution in [2.45, 2.75) is 0 Å². The molecule has 3 rings (SSSR count). The predicted molar refractivity (Wildman–Crippen MR) is 88.5 cm³/mol. The summed E-state index contributed by atoms with van der Waals surface area (Å²) >= 11 is 1.60.